The van der Waals surface area contributed by atoms with Crippen LogP contribution in [-0.4, -0.2) is 11.0 Å². The summed E-state index contributed by atoms with van der Waals surface area (Å²) < 4.78 is 0. The summed E-state index contributed by atoms with van der Waals surface area (Å²) in [5.41, 5.74) is 6.64. The van der Waals surface area contributed by atoms with Gasteiger partial charge in [-0.25, -0.2) is 0 Å². The molecule has 1 aliphatic heterocycles. The van der Waals surface area contributed by atoms with Gasteiger partial charge in [0.15, 0.2) is 11.2 Å². The molecule has 2 atom stereocenters. The Kier molecular flexibility index (Phi) is 1.99. The Bertz CT molecular complexity index is 392. The van der Waals surface area contributed by atoms with Gasteiger partial charge in [-0.1, -0.05) is 35.9 Å². The molecule has 1 aromatic rings. The monoisotopic (exact) mass is 212 g/mol. The molecule has 1 amide bonds. The molecule has 14 heavy (non-hydrogen) atoms. The van der Waals surface area contributed by atoms with E-state index in [0.29, 0.717) is 11.1 Å². The third kappa shape index (κ3) is 1.28. The second-order valence-corrected chi connectivity index (χ2v) is 3.79. The van der Waals surface area contributed by atoms with E-state index in [2.05, 4.69) is 5.32 Å². The lowest BCUT2D eigenvalue weighted by molar-refractivity contribution is -0.132. The van der Waals surface area contributed by atoms with Crippen LogP contribution < -0.4 is 11.1 Å². The van der Waals surface area contributed by atoms with Crippen LogP contribution in [0.4, 0.5) is 0 Å². The van der Waals surface area contributed by atoms with E-state index in [-0.39, 0.29) is 0 Å². The highest BCUT2D eigenvalue weighted by Gasteiger charge is 2.38. The van der Waals surface area contributed by atoms with E-state index in [0.717, 1.165) is 0 Å². The van der Waals surface area contributed by atoms with E-state index >= 15 is 0 Å². The van der Waals surface area contributed by atoms with E-state index in [9.17, 15) is 9.90 Å². The molecule has 0 spiro atoms. The van der Waals surface area contributed by atoms with Crippen LogP contribution in [0.5, 0.6) is 0 Å². The molecule has 1 heterocycles. The lowest BCUT2D eigenvalue weighted by atomic mass is 9.96. The first-order valence-corrected chi connectivity index (χ1v) is 4.47. The zero-order chi connectivity index (χ0) is 10.3. The number of hydrogen-bond donors (Lipinski definition) is 3. The zero-order valence-corrected chi connectivity index (χ0v) is 7.95. The van der Waals surface area contributed by atoms with E-state index in [4.69, 9.17) is 17.3 Å². The number of nitrogens with two attached hydrogens (primary N) is 1. The Morgan fingerprint density at radius 3 is 2.86 bits per heavy atom. The van der Waals surface area contributed by atoms with E-state index in [1.807, 2.05) is 0 Å². The second-order valence-electron chi connectivity index (χ2n) is 3.19. The quantitative estimate of drug-likeness (QED) is 0.424. The maximum atomic E-state index is 11.2. The molecule has 0 saturated heterocycles. The van der Waals surface area contributed by atoms with Crippen molar-refractivity contribution in [2.45, 2.75) is 11.2 Å². The smallest absolute Gasteiger partial charge is 0.256 e. The molecule has 4 nitrogen and oxygen atoms in total. The first-order chi connectivity index (χ1) is 6.52. The van der Waals surface area contributed by atoms with Gasteiger partial charge in [-0.05, 0) is 5.56 Å². The lowest BCUT2D eigenvalue weighted by Gasteiger charge is -2.33. The molecule has 1 aromatic carbocycles. The summed E-state index contributed by atoms with van der Waals surface area (Å²) >= 11 is 5.90. The molecule has 1 aliphatic rings. The highest BCUT2D eigenvalue weighted by Crippen LogP contribution is 2.32. The van der Waals surface area contributed by atoms with Crippen molar-refractivity contribution in [1.29, 1.82) is 0 Å². The molecule has 0 aromatic heterocycles. The SMILES string of the molecule is NC1(Cl)NC(=O)C(O)c2ccccc21. The molecule has 74 valence electrons. The fourth-order valence-electron chi connectivity index (χ4n) is 1.52. The van der Waals surface area contributed by atoms with Crippen LogP contribution in [-0.2, 0) is 9.92 Å². The summed E-state index contributed by atoms with van der Waals surface area (Å²) in [6.45, 7) is 0. The van der Waals surface area contributed by atoms with Crippen LogP contribution in [0.2, 0.25) is 0 Å². The number of amides is 1. The minimum atomic E-state index is -1.42. The number of rotatable bonds is 0. The third-order valence-corrected chi connectivity index (χ3v) is 2.50. The molecule has 0 fully saturated rings. The molecule has 2 unspecified atom stereocenters. The maximum absolute atomic E-state index is 11.2. The van der Waals surface area contributed by atoms with Gasteiger partial charge >= 0.3 is 0 Å². The number of nitrogens with one attached hydrogen (secondary N) is 1. The second kappa shape index (κ2) is 2.95. The van der Waals surface area contributed by atoms with Crippen LogP contribution >= 0.6 is 11.6 Å². The predicted molar refractivity (Wildman–Crippen MR) is 51.3 cm³/mol. The van der Waals surface area contributed by atoms with Gasteiger partial charge in [0, 0.05) is 5.56 Å². The van der Waals surface area contributed by atoms with Gasteiger partial charge in [-0.15, -0.1) is 0 Å². The van der Waals surface area contributed by atoms with E-state index < -0.39 is 17.1 Å². The Balaban J connectivity index is 2.61. The third-order valence-electron chi connectivity index (χ3n) is 2.20. The molecular weight excluding hydrogens is 204 g/mol. The van der Waals surface area contributed by atoms with Gasteiger partial charge in [0.2, 0.25) is 0 Å². The fraction of sp³-hybridized carbons (Fsp3) is 0.222. The number of aliphatic hydroxyl groups is 1. The van der Waals surface area contributed by atoms with Crippen LogP contribution in [0, 0.1) is 0 Å². The van der Waals surface area contributed by atoms with Crippen molar-refractivity contribution in [3.05, 3.63) is 35.4 Å². The van der Waals surface area contributed by atoms with Crippen molar-refractivity contribution in [3.63, 3.8) is 0 Å². The Morgan fingerprint density at radius 2 is 2.14 bits per heavy atom. The van der Waals surface area contributed by atoms with Crippen molar-refractivity contribution >= 4 is 17.5 Å². The number of carbonyl (C=O) groups is 1. The Morgan fingerprint density at radius 1 is 1.50 bits per heavy atom. The number of hydrogen-bond acceptors (Lipinski definition) is 3. The number of carbonyl (C=O) groups excluding carboxylic acids is 1. The first-order valence-electron chi connectivity index (χ1n) is 4.09. The summed E-state index contributed by atoms with van der Waals surface area (Å²) in [5.74, 6) is -0.582. The number of halogens is 1. The van der Waals surface area contributed by atoms with Crippen LogP contribution in [0.25, 0.3) is 0 Å². The van der Waals surface area contributed by atoms with Crippen LogP contribution in [0.3, 0.4) is 0 Å². The van der Waals surface area contributed by atoms with Crippen molar-refractivity contribution < 1.29 is 9.90 Å². The Labute approximate surface area is 85.7 Å². The largest absolute Gasteiger partial charge is 0.378 e. The number of alkyl halides is 1. The molecule has 0 saturated carbocycles. The van der Waals surface area contributed by atoms with Crippen molar-refractivity contribution in [3.8, 4) is 0 Å². The van der Waals surface area contributed by atoms with Crippen LogP contribution in [0.1, 0.15) is 17.2 Å². The number of benzene rings is 1. The van der Waals surface area contributed by atoms with Crippen LogP contribution in [0.15, 0.2) is 24.3 Å². The maximum Gasteiger partial charge on any atom is 0.256 e. The van der Waals surface area contributed by atoms with Gasteiger partial charge in [-0.3, -0.25) is 10.5 Å². The predicted octanol–water partition coefficient (Wildman–Crippen LogP) is 0.158. The van der Waals surface area contributed by atoms with Gasteiger partial charge < -0.3 is 10.4 Å². The highest BCUT2D eigenvalue weighted by atomic mass is 35.5. The number of aliphatic hydroxyl groups excluding tert-OH is 1. The average molecular weight is 213 g/mol. The lowest BCUT2D eigenvalue weighted by Crippen LogP contribution is -2.54. The highest BCUT2D eigenvalue weighted by molar-refractivity contribution is 6.25. The topological polar surface area (TPSA) is 75.3 Å². The molecule has 5 heteroatoms. The molecular formula is C9H9ClN2O2. The van der Waals surface area contributed by atoms with Crippen molar-refractivity contribution in [2.75, 3.05) is 0 Å². The molecule has 2 rings (SSSR count). The fourth-order valence-corrected chi connectivity index (χ4v) is 1.79. The van der Waals surface area contributed by atoms with Gasteiger partial charge in [-0.2, -0.15) is 0 Å². The van der Waals surface area contributed by atoms with Gasteiger partial charge in [0.25, 0.3) is 5.91 Å². The Hall–Kier alpha value is -1.10. The molecule has 0 aliphatic carbocycles. The molecule has 4 N–H and O–H groups in total. The van der Waals surface area contributed by atoms with E-state index in [1.165, 1.54) is 0 Å². The van der Waals surface area contributed by atoms with E-state index in [1.54, 1.807) is 24.3 Å². The minimum absolute atomic E-state index is 0.453. The summed E-state index contributed by atoms with van der Waals surface area (Å²) in [5, 5.41) is 10.4. The summed E-state index contributed by atoms with van der Waals surface area (Å²) in [6.07, 6.45) is -1.19. The van der Waals surface area contributed by atoms with Crippen molar-refractivity contribution in [1.82, 2.24) is 5.32 Å². The summed E-state index contributed by atoms with van der Waals surface area (Å²) in [6, 6.07) is 6.76. The van der Waals surface area contributed by atoms with Crippen molar-refractivity contribution in [2.24, 2.45) is 5.73 Å². The molecule has 0 bridgehead atoms. The standard InChI is InChI=1S/C9H9ClN2O2/c10-9(11)6-4-2-1-3-5(6)7(13)8(14)12-9/h1-4,7,13H,11H2,(H,12,14). The number of fused-ring (bicyclic) bond motifs is 1. The normalized spacial score (nSPS) is 30.8. The summed E-state index contributed by atoms with van der Waals surface area (Å²) in [4.78, 5) is 11.2. The van der Waals surface area contributed by atoms with Gasteiger partial charge in [0.1, 0.15) is 0 Å². The first kappa shape index (κ1) is 9.45. The average Bonchev–Trinajstić information content (AvgIpc) is 2.14. The summed E-state index contributed by atoms with van der Waals surface area (Å²) in [7, 11) is 0. The minimum Gasteiger partial charge on any atom is -0.378 e. The molecule has 0 radical (unpaired) electrons. The zero-order valence-electron chi connectivity index (χ0n) is 7.20. The van der Waals surface area contributed by atoms with Gasteiger partial charge in [0.05, 0.1) is 0 Å².